The second-order valence-electron chi connectivity index (χ2n) is 8.82. The van der Waals surface area contributed by atoms with Crippen LogP contribution in [0.15, 0.2) is 54.7 Å². The van der Waals surface area contributed by atoms with E-state index < -0.39 is 11.9 Å². The van der Waals surface area contributed by atoms with Crippen LogP contribution in [0.5, 0.6) is 0 Å². The lowest BCUT2D eigenvalue weighted by molar-refractivity contribution is -0.136. The van der Waals surface area contributed by atoms with Crippen molar-refractivity contribution < 1.29 is 19.5 Å². The molecular formula is C24H26N4O4. The number of fused-ring (bicyclic) bond motifs is 1. The summed E-state index contributed by atoms with van der Waals surface area (Å²) in [5, 5.41) is 14.7. The summed E-state index contributed by atoms with van der Waals surface area (Å²) in [7, 11) is 0. The third-order valence-corrected chi connectivity index (χ3v) is 6.72. The molecular weight excluding hydrogens is 408 g/mol. The maximum absolute atomic E-state index is 13.3. The van der Waals surface area contributed by atoms with Crippen LogP contribution in [0.4, 0.5) is 0 Å². The zero-order valence-electron chi connectivity index (χ0n) is 17.7. The fraction of sp³-hybridized carbons (Fsp3) is 0.375. The lowest BCUT2D eigenvalue weighted by Gasteiger charge is -2.47. The molecule has 1 atom stereocenters. The zero-order valence-corrected chi connectivity index (χ0v) is 17.7. The van der Waals surface area contributed by atoms with Crippen molar-refractivity contribution in [1.82, 2.24) is 20.2 Å². The van der Waals surface area contributed by atoms with Crippen LogP contribution >= 0.6 is 0 Å². The molecule has 2 amide bonds. The first kappa shape index (κ1) is 20.7. The van der Waals surface area contributed by atoms with Gasteiger partial charge in [0, 0.05) is 36.5 Å². The fourth-order valence-corrected chi connectivity index (χ4v) is 4.65. The van der Waals surface area contributed by atoms with Crippen molar-refractivity contribution in [2.75, 3.05) is 26.3 Å². The fourth-order valence-electron chi connectivity index (χ4n) is 4.65. The Labute approximate surface area is 185 Å². The Balaban J connectivity index is 1.42. The van der Waals surface area contributed by atoms with Crippen LogP contribution in [-0.4, -0.2) is 58.0 Å². The maximum atomic E-state index is 13.3. The number of ether oxygens (including phenoxy) is 1. The normalized spacial score (nSPS) is 18.3. The van der Waals surface area contributed by atoms with Crippen molar-refractivity contribution >= 4 is 22.7 Å². The summed E-state index contributed by atoms with van der Waals surface area (Å²) in [6, 6.07) is 14.3. The molecule has 2 fully saturated rings. The molecule has 0 aliphatic carbocycles. The van der Waals surface area contributed by atoms with E-state index in [1.165, 1.54) is 4.68 Å². The number of carbonyl (C=O) groups excluding carboxylic acids is 2. The standard InChI is InChI=1S/C24H26N4O4/c29-22(26-31)20(13-17-5-2-1-3-6-17)28-14-18-7-4-8-19(21(18)25-28)23(30)27-11-9-24(10-12-27)15-32-16-24/h1-8,14,20,31H,9-13,15-16H2,(H,26,29). The predicted molar refractivity (Wildman–Crippen MR) is 117 cm³/mol. The van der Waals surface area contributed by atoms with Gasteiger partial charge in [-0.25, -0.2) is 5.48 Å². The number of hydrogen-bond acceptors (Lipinski definition) is 5. The van der Waals surface area contributed by atoms with Crippen LogP contribution in [0.3, 0.4) is 0 Å². The van der Waals surface area contributed by atoms with Crippen LogP contribution < -0.4 is 5.48 Å². The number of nitrogens with zero attached hydrogens (tertiary/aromatic N) is 3. The van der Waals surface area contributed by atoms with Crippen molar-refractivity contribution in [3.63, 3.8) is 0 Å². The van der Waals surface area contributed by atoms with E-state index in [1.807, 2.05) is 47.4 Å². The van der Waals surface area contributed by atoms with Crippen LogP contribution in [0, 0.1) is 5.41 Å². The van der Waals surface area contributed by atoms with E-state index in [4.69, 9.17) is 4.74 Å². The van der Waals surface area contributed by atoms with Crippen molar-refractivity contribution in [1.29, 1.82) is 0 Å². The van der Waals surface area contributed by atoms with Gasteiger partial charge in [-0.3, -0.25) is 19.5 Å². The summed E-state index contributed by atoms with van der Waals surface area (Å²) in [6.45, 7) is 3.02. The minimum atomic E-state index is -0.744. The molecule has 8 heteroatoms. The van der Waals surface area contributed by atoms with E-state index in [9.17, 15) is 14.8 Å². The second-order valence-corrected chi connectivity index (χ2v) is 8.82. The molecule has 8 nitrogen and oxygen atoms in total. The number of hydrogen-bond donors (Lipinski definition) is 2. The van der Waals surface area contributed by atoms with Crippen LogP contribution in [-0.2, 0) is 16.0 Å². The molecule has 2 saturated heterocycles. The Kier molecular flexibility index (Phi) is 5.40. The molecule has 3 heterocycles. The van der Waals surface area contributed by atoms with Crippen LogP contribution in [0.2, 0.25) is 0 Å². The highest BCUT2D eigenvalue weighted by Gasteiger charge is 2.42. The highest BCUT2D eigenvalue weighted by molar-refractivity contribution is 6.05. The molecule has 2 aliphatic heterocycles. The number of rotatable bonds is 5. The van der Waals surface area contributed by atoms with E-state index in [0.717, 1.165) is 37.0 Å². The maximum Gasteiger partial charge on any atom is 0.268 e. The average Bonchev–Trinajstić information content (AvgIpc) is 3.25. The molecule has 5 rings (SSSR count). The second kappa shape index (κ2) is 8.37. The number of likely N-dealkylation sites (tertiary alicyclic amines) is 1. The van der Waals surface area contributed by atoms with Crippen molar-refractivity contribution in [2.45, 2.75) is 25.3 Å². The number of piperidine rings is 1. The van der Waals surface area contributed by atoms with Gasteiger partial charge in [0.2, 0.25) is 0 Å². The molecule has 2 aromatic carbocycles. The van der Waals surface area contributed by atoms with Gasteiger partial charge < -0.3 is 9.64 Å². The van der Waals surface area contributed by atoms with E-state index in [1.54, 1.807) is 17.7 Å². The molecule has 2 N–H and O–H groups in total. The van der Waals surface area contributed by atoms with Gasteiger partial charge in [-0.05, 0) is 24.5 Å². The average molecular weight is 434 g/mol. The van der Waals surface area contributed by atoms with Crippen molar-refractivity contribution in [2.24, 2.45) is 5.41 Å². The van der Waals surface area contributed by atoms with Gasteiger partial charge in [-0.2, -0.15) is 5.10 Å². The molecule has 32 heavy (non-hydrogen) atoms. The quantitative estimate of drug-likeness (QED) is 0.475. The number of nitrogens with one attached hydrogen (secondary N) is 1. The first-order valence-corrected chi connectivity index (χ1v) is 10.9. The Bertz CT molecular complexity index is 1130. The van der Waals surface area contributed by atoms with E-state index in [2.05, 4.69) is 5.10 Å². The molecule has 1 unspecified atom stereocenters. The monoisotopic (exact) mass is 434 g/mol. The zero-order chi connectivity index (χ0) is 22.1. The smallest absolute Gasteiger partial charge is 0.268 e. The molecule has 0 saturated carbocycles. The number of amides is 2. The predicted octanol–water partition coefficient (Wildman–Crippen LogP) is 2.58. The molecule has 0 radical (unpaired) electrons. The summed E-state index contributed by atoms with van der Waals surface area (Å²) in [5.74, 6) is -0.597. The van der Waals surface area contributed by atoms with Gasteiger partial charge in [0.15, 0.2) is 0 Å². The Morgan fingerprint density at radius 1 is 1.09 bits per heavy atom. The number of carbonyl (C=O) groups is 2. The Morgan fingerprint density at radius 2 is 1.84 bits per heavy atom. The summed E-state index contributed by atoms with van der Waals surface area (Å²) in [6.07, 6.45) is 4.03. The first-order valence-electron chi connectivity index (χ1n) is 10.9. The lowest BCUT2D eigenvalue weighted by atomic mass is 9.77. The van der Waals surface area contributed by atoms with E-state index in [-0.39, 0.29) is 11.3 Å². The molecule has 2 aliphatic rings. The number of aromatic nitrogens is 2. The Morgan fingerprint density at radius 3 is 2.50 bits per heavy atom. The minimum absolute atomic E-state index is 0.0397. The van der Waals surface area contributed by atoms with Gasteiger partial charge in [-0.15, -0.1) is 0 Å². The molecule has 3 aromatic rings. The largest absolute Gasteiger partial charge is 0.380 e. The molecule has 1 spiro atoms. The van der Waals surface area contributed by atoms with Crippen LogP contribution in [0.25, 0.3) is 10.9 Å². The topological polar surface area (TPSA) is 96.7 Å². The van der Waals surface area contributed by atoms with Crippen molar-refractivity contribution in [3.05, 3.63) is 65.9 Å². The lowest BCUT2D eigenvalue weighted by Crippen LogP contribution is -2.52. The first-order chi connectivity index (χ1) is 15.6. The molecule has 166 valence electrons. The Hall–Kier alpha value is -3.23. The van der Waals surface area contributed by atoms with Gasteiger partial charge in [0.1, 0.15) is 11.6 Å². The van der Waals surface area contributed by atoms with E-state index >= 15 is 0 Å². The number of benzene rings is 2. The highest BCUT2D eigenvalue weighted by Crippen LogP contribution is 2.38. The SMILES string of the molecule is O=C(NO)C(Cc1ccccc1)n1cc2cccc(C(=O)N3CCC4(CC3)COC4)c2n1. The van der Waals surface area contributed by atoms with Gasteiger partial charge in [0.25, 0.3) is 11.8 Å². The van der Waals surface area contributed by atoms with Gasteiger partial charge in [0.05, 0.1) is 18.8 Å². The third kappa shape index (κ3) is 3.76. The summed E-state index contributed by atoms with van der Waals surface area (Å²) < 4.78 is 6.92. The third-order valence-electron chi connectivity index (χ3n) is 6.72. The van der Waals surface area contributed by atoms with Crippen molar-refractivity contribution in [3.8, 4) is 0 Å². The minimum Gasteiger partial charge on any atom is -0.380 e. The summed E-state index contributed by atoms with van der Waals surface area (Å²) >= 11 is 0. The summed E-state index contributed by atoms with van der Waals surface area (Å²) in [4.78, 5) is 27.7. The number of hydroxylamine groups is 1. The molecule has 0 bridgehead atoms. The van der Waals surface area contributed by atoms with Gasteiger partial charge >= 0.3 is 0 Å². The summed E-state index contributed by atoms with van der Waals surface area (Å²) in [5.41, 5.74) is 4.05. The molecule has 1 aromatic heterocycles. The van der Waals surface area contributed by atoms with E-state index in [0.29, 0.717) is 30.6 Å². The van der Waals surface area contributed by atoms with Crippen LogP contribution in [0.1, 0.15) is 34.8 Å². The highest BCUT2D eigenvalue weighted by atomic mass is 16.5. The van der Waals surface area contributed by atoms with Gasteiger partial charge in [-0.1, -0.05) is 42.5 Å².